The number of sulfonamides is 1. The lowest BCUT2D eigenvalue weighted by atomic mass is 10.3. The van der Waals surface area contributed by atoms with Gasteiger partial charge in [-0.2, -0.15) is 0 Å². The van der Waals surface area contributed by atoms with E-state index in [4.69, 9.17) is 9.47 Å². The lowest BCUT2D eigenvalue weighted by Gasteiger charge is -2.11. The Balaban J connectivity index is 1.80. The predicted octanol–water partition coefficient (Wildman–Crippen LogP) is 3.36. The van der Waals surface area contributed by atoms with E-state index < -0.39 is 21.7 Å². The van der Waals surface area contributed by atoms with E-state index in [2.05, 4.69) is 14.7 Å². The monoisotopic (exact) mass is 393 g/mol. The predicted molar refractivity (Wildman–Crippen MR) is 92.3 cm³/mol. The third-order valence-electron chi connectivity index (χ3n) is 3.33. The van der Waals surface area contributed by atoms with Crippen LogP contribution in [0.5, 0.6) is 17.5 Å². The Hall–Kier alpha value is -3.27. The summed E-state index contributed by atoms with van der Waals surface area (Å²) in [6.07, 6.45) is 2.26. The topological polar surface area (TPSA) is 90.4 Å². The summed E-state index contributed by atoms with van der Waals surface area (Å²) >= 11 is 0. The van der Waals surface area contributed by atoms with E-state index in [0.717, 1.165) is 24.5 Å². The quantitative estimate of drug-likeness (QED) is 0.691. The summed E-state index contributed by atoms with van der Waals surface area (Å²) in [5, 5.41) is 0. The van der Waals surface area contributed by atoms with Gasteiger partial charge in [0.15, 0.2) is 11.6 Å². The number of rotatable bonds is 6. The Morgan fingerprint density at radius 2 is 1.70 bits per heavy atom. The van der Waals surface area contributed by atoms with Crippen LogP contribution in [0.15, 0.2) is 59.8 Å². The van der Waals surface area contributed by atoms with Crippen LogP contribution < -0.4 is 14.2 Å². The molecule has 10 heteroatoms. The molecule has 1 heterocycles. The summed E-state index contributed by atoms with van der Waals surface area (Å²) in [4.78, 5) is 7.26. The number of methoxy groups -OCH3 is 1. The van der Waals surface area contributed by atoms with Crippen LogP contribution in [0.3, 0.4) is 0 Å². The summed E-state index contributed by atoms with van der Waals surface area (Å²) in [5.41, 5.74) is 0.00204. The van der Waals surface area contributed by atoms with Gasteiger partial charge in [-0.15, -0.1) is 0 Å². The minimum atomic E-state index is -4.15. The summed E-state index contributed by atoms with van der Waals surface area (Å²) in [5.74, 6) is -1.43. The average molecular weight is 393 g/mol. The first-order valence-corrected chi connectivity index (χ1v) is 8.98. The molecule has 0 aliphatic heterocycles. The maximum atomic E-state index is 13.6. The first-order chi connectivity index (χ1) is 12.9. The third-order valence-corrected chi connectivity index (χ3v) is 4.74. The van der Waals surface area contributed by atoms with Crippen molar-refractivity contribution in [1.29, 1.82) is 0 Å². The number of hydrogen-bond donors (Lipinski definition) is 1. The molecule has 1 N–H and O–H groups in total. The molecule has 27 heavy (non-hydrogen) atoms. The number of ether oxygens (including phenoxy) is 2. The van der Waals surface area contributed by atoms with Crippen molar-refractivity contribution >= 4 is 15.7 Å². The van der Waals surface area contributed by atoms with Crippen molar-refractivity contribution in [1.82, 2.24) is 9.97 Å². The SMILES string of the molecule is COc1ccc(F)cc1S(=O)(=O)Nc1cnc(Oc2ccccc2F)nc1. The van der Waals surface area contributed by atoms with Crippen LogP contribution in [-0.4, -0.2) is 25.5 Å². The van der Waals surface area contributed by atoms with Gasteiger partial charge in [0.2, 0.25) is 0 Å². The van der Waals surface area contributed by atoms with Gasteiger partial charge in [-0.25, -0.2) is 27.2 Å². The standard InChI is InChI=1S/C17H13F2N3O4S/c1-25-15-7-6-11(18)8-16(15)27(23,24)22-12-9-20-17(21-10-12)26-14-5-3-2-4-13(14)19/h2-10,22H,1H3. The highest BCUT2D eigenvalue weighted by Gasteiger charge is 2.21. The smallest absolute Gasteiger partial charge is 0.322 e. The van der Waals surface area contributed by atoms with Crippen molar-refractivity contribution in [3.8, 4) is 17.5 Å². The molecule has 7 nitrogen and oxygen atoms in total. The minimum Gasteiger partial charge on any atom is -0.495 e. The molecule has 0 aliphatic carbocycles. The van der Waals surface area contributed by atoms with Crippen LogP contribution in [-0.2, 0) is 10.0 Å². The third kappa shape index (κ3) is 4.29. The van der Waals surface area contributed by atoms with Gasteiger partial charge >= 0.3 is 6.01 Å². The molecule has 0 amide bonds. The number of hydrogen-bond acceptors (Lipinski definition) is 6. The molecular weight excluding hydrogens is 380 g/mol. The molecule has 1 aromatic heterocycles. The van der Waals surface area contributed by atoms with Crippen LogP contribution in [0.1, 0.15) is 0 Å². The molecule has 3 rings (SSSR count). The molecule has 3 aromatic rings. The van der Waals surface area contributed by atoms with Gasteiger partial charge in [0.05, 0.1) is 25.2 Å². The van der Waals surface area contributed by atoms with Gasteiger partial charge in [-0.3, -0.25) is 4.72 Å². The zero-order valence-electron chi connectivity index (χ0n) is 13.9. The summed E-state index contributed by atoms with van der Waals surface area (Å²) in [7, 11) is -2.88. The number of nitrogens with one attached hydrogen (secondary N) is 1. The van der Waals surface area contributed by atoms with Crippen molar-refractivity contribution in [2.24, 2.45) is 0 Å². The van der Waals surface area contributed by atoms with Crippen molar-refractivity contribution in [2.75, 3.05) is 11.8 Å². The Labute approximate surface area is 153 Å². The number of aromatic nitrogens is 2. The number of benzene rings is 2. The molecule has 0 atom stereocenters. The molecule has 0 spiro atoms. The summed E-state index contributed by atoms with van der Waals surface area (Å²) < 4.78 is 64.2. The number of halogens is 2. The minimum absolute atomic E-state index is 0.00204. The summed E-state index contributed by atoms with van der Waals surface area (Å²) in [6.45, 7) is 0. The highest BCUT2D eigenvalue weighted by molar-refractivity contribution is 7.92. The average Bonchev–Trinajstić information content (AvgIpc) is 2.65. The van der Waals surface area contributed by atoms with Gasteiger partial charge in [0.1, 0.15) is 16.5 Å². The molecule has 0 saturated heterocycles. The number of para-hydroxylation sites is 1. The highest BCUT2D eigenvalue weighted by Crippen LogP contribution is 2.27. The molecule has 0 bridgehead atoms. The number of anilines is 1. The molecule has 0 fully saturated rings. The molecule has 0 aliphatic rings. The molecule has 2 aromatic carbocycles. The van der Waals surface area contributed by atoms with Crippen molar-refractivity contribution in [3.63, 3.8) is 0 Å². The molecule has 0 saturated carbocycles. The fourth-order valence-corrected chi connectivity index (χ4v) is 3.33. The van der Waals surface area contributed by atoms with E-state index in [0.29, 0.717) is 0 Å². The molecule has 0 radical (unpaired) electrons. The second kappa shape index (κ2) is 7.54. The molecule has 140 valence electrons. The summed E-state index contributed by atoms with van der Waals surface area (Å²) in [6, 6.07) is 8.62. The normalized spacial score (nSPS) is 11.1. The van der Waals surface area contributed by atoms with E-state index in [-0.39, 0.29) is 28.1 Å². The van der Waals surface area contributed by atoms with E-state index in [1.54, 1.807) is 6.07 Å². The van der Waals surface area contributed by atoms with Gasteiger partial charge in [0, 0.05) is 0 Å². The molecular formula is C17H13F2N3O4S. The fraction of sp³-hybridized carbons (Fsp3) is 0.0588. The lowest BCUT2D eigenvalue weighted by Crippen LogP contribution is -2.14. The van der Waals surface area contributed by atoms with Crippen LogP contribution in [0, 0.1) is 11.6 Å². The van der Waals surface area contributed by atoms with Crippen molar-refractivity contribution < 1.29 is 26.7 Å². The maximum absolute atomic E-state index is 13.6. The second-order valence-corrected chi connectivity index (χ2v) is 6.84. The maximum Gasteiger partial charge on any atom is 0.322 e. The van der Waals surface area contributed by atoms with Gasteiger partial charge in [-0.05, 0) is 30.3 Å². The first kappa shape index (κ1) is 18.5. The van der Waals surface area contributed by atoms with E-state index in [9.17, 15) is 17.2 Å². The fourth-order valence-electron chi connectivity index (χ4n) is 2.12. The highest BCUT2D eigenvalue weighted by atomic mass is 32.2. The van der Waals surface area contributed by atoms with Crippen LogP contribution in [0.2, 0.25) is 0 Å². The first-order valence-electron chi connectivity index (χ1n) is 7.50. The molecule has 0 unspecified atom stereocenters. The van der Waals surface area contributed by atoms with Crippen molar-refractivity contribution in [2.45, 2.75) is 4.90 Å². The Kier molecular flexibility index (Phi) is 5.17. The van der Waals surface area contributed by atoms with Crippen LogP contribution in [0.4, 0.5) is 14.5 Å². The van der Waals surface area contributed by atoms with E-state index in [1.165, 1.54) is 31.4 Å². The number of nitrogens with zero attached hydrogens (tertiary/aromatic N) is 2. The van der Waals surface area contributed by atoms with Gasteiger partial charge in [-0.1, -0.05) is 12.1 Å². The Morgan fingerprint density at radius 3 is 2.37 bits per heavy atom. The van der Waals surface area contributed by atoms with Crippen LogP contribution in [0.25, 0.3) is 0 Å². The van der Waals surface area contributed by atoms with Crippen molar-refractivity contribution in [3.05, 3.63) is 66.5 Å². The van der Waals surface area contributed by atoms with Crippen LogP contribution >= 0.6 is 0 Å². The second-order valence-electron chi connectivity index (χ2n) is 5.19. The largest absolute Gasteiger partial charge is 0.495 e. The Morgan fingerprint density at radius 1 is 1.00 bits per heavy atom. The lowest BCUT2D eigenvalue weighted by molar-refractivity contribution is 0.401. The van der Waals surface area contributed by atoms with E-state index in [1.807, 2.05) is 0 Å². The Bertz CT molecular complexity index is 1060. The zero-order valence-corrected chi connectivity index (χ0v) is 14.7. The van der Waals surface area contributed by atoms with E-state index >= 15 is 0 Å². The van der Waals surface area contributed by atoms with Gasteiger partial charge < -0.3 is 9.47 Å². The van der Waals surface area contributed by atoms with Gasteiger partial charge in [0.25, 0.3) is 10.0 Å². The zero-order chi connectivity index (χ0) is 19.4.